The summed E-state index contributed by atoms with van der Waals surface area (Å²) < 4.78 is 5.50. The molecule has 1 unspecified atom stereocenters. The molecule has 0 aromatic carbocycles. The third-order valence-electron chi connectivity index (χ3n) is 3.96. The minimum atomic E-state index is -0.447. The van der Waals surface area contributed by atoms with Crippen molar-refractivity contribution in [3.8, 4) is 0 Å². The van der Waals surface area contributed by atoms with Gasteiger partial charge in [0.15, 0.2) is 17.8 Å². The molecule has 1 rings (SSSR count). The Hall–Kier alpha value is -1.58. The number of carbonyl (C=O) groups is 2. The van der Waals surface area contributed by atoms with Crippen LogP contribution in [0.3, 0.4) is 0 Å². The predicted molar refractivity (Wildman–Crippen MR) is 92.8 cm³/mol. The lowest BCUT2D eigenvalue weighted by Gasteiger charge is -2.05. The Morgan fingerprint density at radius 2 is 1.83 bits per heavy atom. The summed E-state index contributed by atoms with van der Waals surface area (Å²) >= 11 is 0. The second kappa shape index (κ2) is 11.0. The van der Waals surface area contributed by atoms with Crippen molar-refractivity contribution < 1.29 is 14.3 Å². The van der Waals surface area contributed by atoms with Crippen molar-refractivity contribution in [1.82, 2.24) is 5.32 Å². The topological polar surface area (TPSA) is 55.4 Å². The number of carbonyl (C=O) groups excluding carboxylic acids is 2. The highest BCUT2D eigenvalue weighted by Crippen LogP contribution is 2.16. The number of rotatable bonds is 11. The molecule has 1 fully saturated rings. The summed E-state index contributed by atoms with van der Waals surface area (Å²) in [4.78, 5) is 23.7. The third kappa shape index (κ3) is 8.00. The number of hydrogen-bond donors (Lipinski definition) is 1. The van der Waals surface area contributed by atoms with Gasteiger partial charge in [-0.1, -0.05) is 51.5 Å². The summed E-state index contributed by atoms with van der Waals surface area (Å²) in [5, 5.41) is 2.63. The first-order valence-electron chi connectivity index (χ1n) is 8.97. The van der Waals surface area contributed by atoms with E-state index >= 15 is 0 Å². The Bertz CT molecular complexity index is 452. The third-order valence-corrected chi connectivity index (χ3v) is 3.96. The lowest BCUT2D eigenvalue weighted by Crippen LogP contribution is -2.22. The lowest BCUT2D eigenvalue weighted by molar-refractivity contribution is -0.123. The molecule has 0 bridgehead atoms. The Kier molecular flexibility index (Phi) is 9.34. The molecule has 1 atom stereocenters. The van der Waals surface area contributed by atoms with Crippen molar-refractivity contribution in [3.63, 3.8) is 0 Å². The van der Waals surface area contributed by atoms with Crippen molar-refractivity contribution in [2.24, 2.45) is 0 Å². The second-order valence-corrected chi connectivity index (χ2v) is 6.30. The van der Waals surface area contributed by atoms with Gasteiger partial charge in [0.2, 0.25) is 0 Å². The molecular weight excluding hydrogens is 290 g/mol. The minimum Gasteiger partial charge on any atom is -0.465 e. The van der Waals surface area contributed by atoms with Crippen molar-refractivity contribution in [2.75, 3.05) is 0 Å². The number of hydrogen-bond acceptors (Lipinski definition) is 3. The van der Waals surface area contributed by atoms with Crippen LogP contribution in [0.5, 0.6) is 0 Å². The van der Waals surface area contributed by atoms with E-state index in [1.165, 1.54) is 31.8 Å². The van der Waals surface area contributed by atoms with E-state index in [0.717, 1.165) is 31.3 Å². The average Bonchev–Trinajstić information content (AvgIpc) is 2.84. The largest absolute Gasteiger partial charge is 0.465 e. The highest BCUT2D eigenvalue weighted by molar-refractivity contribution is 6.00. The number of ether oxygens (including phenoxy) is 1. The van der Waals surface area contributed by atoms with Gasteiger partial charge in [-0.2, -0.15) is 0 Å². The molecule has 0 aromatic heterocycles. The first kappa shape index (κ1) is 19.5. The molecule has 0 radical (unpaired) electrons. The Balaban J connectivity index is 2.39. The molecule has 1 aliphatic heterocycles. The quantitative estimate of drug-likeness (QED) is 0.453. The normalized spacial score (nSPS) is 19.8. The van der Waals surface area contributed by atoms with Crippen LogP contribution in [0, 0.1) is 0 Å². The summed E-state index contributed by atoms with van der Waals surface area (Å²) in [6.07, 6.45) is 12.3. The van der Waals surface area contributed by atoms with E-state index in [2.05, 4.69) is 19.2 Å². The lowest BCUT2D eigenvalue weighted by atomic mass is 10.1. The monoisotopic (exact) mass is 321 g/mol. The molecule has 1 amide bonds. The molecule has 0 aromatic rings. The van der Waals surface area contributed by atoms with Crippen molar-refractivity contribution in [2.45, 2.75) is 84.7 Å². The minimum absolute atomic E-state index is 0.123. The Morgan fingerprint density at radius 1 is 1.13 bits per heavy atom. The van der Waals surface area contributed by atoms with Crippen LogP contribution in [-0.4, -0.2) is 17.8 Å². The van der Waals surface area contributed by atoms with E-state index in [-0.39, 0.29) is 17.6 Å². The second-order valence-electron chi connectivity index (χ2n) is 6.30. The number of nitrogens with one attached hydrogen (secondary N) is 1. The fourth-order valence-corrected chi connectivity index (χ4v) is 2.58. The van der Waals surface area contributed by atoms with E-state index in [4.69, 9.17) is 4.74 Å². The van der Waals surface area contributed by atoms with Crippen LogP contribution in [0.4, 0.5) is 0 Å². The molecule has 1 N–H and O–H groups in total. The Labute approximate surface area is 140 Å². The summed E-state index contributed by atoms with van der Waals surface area (Å²) in [6, 6.07) is 0. The van der Waals surface area contributed by atoms with Crippen LogP contribution < -0.4 is 5.32 Å². The highest BCUT2D eigenvalue weighted by atomic mass is 16.5. The Morgan fingerprint density at radius 3 is 2.52 bits per heavy atom. The van der Waals surface area contributed by atoms with Gasteiger partial charge < -0.3 is 4.74 Å². The molecule has 0 spiro atoms. The van der Waals surface area contributed by atoms with Crippen molar-refractivity contribution in [3.05, 3.63) is 23.6 Å². The van der Waals surface area contributed by atoms with Crippen LogP contribution in [0.2, 0.25) is 0 Å². The zero-order valence-corrected chi connectivity index (χ0v) is 14.8. The molecule has 4 nitrogen and oxygen atoms in total. The van der Waals surface area contributed by atoms with Gasteiger partial charge in [0.05, 0.1) is 0 Å². The van der Waals surface area contributed by atoms with Crippen LogP contribution in [0.15, 0.2) is 23.6 Å². The number of allylic oxidation sites excluding steroid dienone is 3. The maximum absolute atomic E-state index is 12.0. The summed E-state index contributed by atoms with van der Waals surface area (Å²) in [5.74, 6) is 0.0183. The molecular formula is C19H31NO3. The van der Waals surface area contributed by atoms with Gasteiger partial charge in [0.25, 0.3) is 5.91 Å². The van der Waals surface area contributed by atoms with Gasteiger partial charge >= 0.3 is 0 Å². The van der Waals surface area contributed by atoms with E-state index in [1.807, 2.05) is 6.92 Å². The molecule has 130 valence electrons. The molecule has 1 aliphatic rings. The number of amides is 1. The predicted octanol–water partition coefficient (Wildman–Crippen LogP) is 4.41. The first-order valence-corrected chi connectivity index (χ1v) is 8.97. The van der Waals surface area contributed by atoms with E-state index in [1.54, 1.807) is 6.08 Å². The maximum atomic E-state index is 12.0. The smallest absolute Gasteiger partial charge is 0.267 e. The SMILES string of the molecule is CCCCCCC/C(C)=C/C(=O)/C=C1\NC(=O)C(CCCC)O1. The van der Waals surface area contributed by atoms with Gasteiger partial charge in [0.1, 0.15) is 0 Å². The zero-order valence-electron chi connectivity index (χ0n) is 14.8. The summed E-state index contributed by atoms with van der Waals surface area (Å²) in [5.41, 5.74) is 1.08. The van der Waals surface area contributed by atoms with Crippen LogP contribution in [0.1, 0.15) is 78.6 Å². The van der Waals surface area contributed by atoms with Crippen molar-refractivity contribution in [1.29, 1.82) is 0 Å². The fraction of sp³-hybridized carbons (Fsp3) is 0.684. The summed E-state index contributed by atoms with van der Waals surface area (Å²) in [7, 11) is 0. The number of unbranched alkanes of at least 4 members (excludes halogenated alkanes) is 5. The van der Waals surface area contributed by atoms with Gasteiger partial charge in [0, 0.05) is 6.08 Å². The first-order chi connectivity index (χ1) is 11.1. The van der Waals surface area contributed by atoms with Crippen LogP contribution >= 0.6 is 0 Å². The fourth-order valence-electron chi connectivity index (χ4n) is 2.58. The van der Waals surface area contributed by atoms with E-state index < -0.39 is 6.10 Å². The molecule has 0 aliphatic carbocycles. The summed E-state index contributed by atoms with van der Waals surface area (Å²) in [6.45, 7) is 6.26. The van der Waals surface area contributed by atoms with Crippen molar-refractivity contribution >= 4 is 11.7 Å². The molecule has 1 heterocycles. The maximum Gasteiger partial charge on any atom is 0.267 e. The molecule has 4 heteroatoms. The van der Waals surface area contributed by atoms with E-state index in [9.17, 15) is 9.59 Å². The number of ketones is 1. The van der Waals surface area contributed by atoms with Crippen LogP contribution in [0.25, 0.3) is 0 Å². The van der Waals surface area contributed by atoms with Gasteiger partial charge in [-0.15, -0.1) is 0 Å². The molecule has 1 saturated heterocycles. The standard InChI is InChI=1S/C19H31NO3/c1-4-6-8-9-10-11-15(3)13-16(21)14-18-20-19(22)17(23-18)12-7-5-2/h13-14,17H,4-12H2,1-3H3,(H,20,22)/b15-13+,18-14+. The molecule has 0 saturated carbocycles. The van der Waals surface area contributed by atoms with Gasteiger partial charge in [-0.05, 0) is 38.7 Å². The highest BCUT2D eigenvalue weighted by Gasteiger charge is 2.29. The molecule has 23 heavy (non-hydrogen) atoms. The van der Waals surface area contributed by atoms with Gasteiger partial charge in [-0.3, -0.25) is 14.9 Å². The van der Waals surface area contributed by atoms with Crippen LogP contribution in [-0.2, 0) is 14.3 Å². The average molecular weight is 321 g/mol. The zero-order chi connectivity index (χ0) is 17.1. The van der Waals surface area contributed by atoms with Gasteiger partial charge in [-0.25, -0.2) is 0 Å². The van der Waals surface area contributed by atoms with E-state index in [0.29, 0.717) is 6.42 Å².